The lowest BCUT2D eigenvalue weighted by atomic mass is 9.82. The molecule has 0 unspecified atom stereocenters. The molecule has 0 heterocycles. The quantitative estimate of drug-likeness (QED) is 0.408. The molecule has 0 aliphatic heterocycles. The van der Waals surface area contributed by atoms with Gasteiger partial charge in [-0.25, -0.2) is 0 Å². The highest BCUT2D eigenvalue weighted by molar-refractivity contribution is 5.24. The van der Waals surface area contributed by atoms with Crippen molar-refractivity contribution in [3.8, 4) is 0 Å². The number of halogens is 1. The van der Waals surface area contributed by atoms with Crippen molar-refractivity contribution in [2.75, 3.05) is 0 Å². The van der Waals surface area contributed by atoms with Gasteiger partial charge in [0.25, 0.3) is 22.6 Å². The van der Waals surface area contributed by atoms with Crippen molar-refractivity contribution in [2.45, 2.75) is 64.7 Å². The van der Waals surface area contributed by atoms with Crippen LogP contribution in [0.1, 0.15) is 61.3 Å². The molecule has 0 amide bonds. The van der Waals surface area contributed by atoms with E-state index in [4.69, 9.17) is 0 Å². The standard InChI is InChI=1S/C15H28I/c1-8-13(15(6,7)16)11-10-12(3)14(4,5)9-2/h10-11,16H,8-9H2,1-7H3/q+1/b12-10+,13-11+. The van der Waals surface area contributed by atoms with Crippen molar-refractivity contribution in [1.82, 2.24) is 0 Å². The van der Waals surface area contributed by atoms with Gasteiger partial charge in [-0.1, -0.05) is 45.4 Å². The van der Waals surface area contributed by atoms with Crippen LogP contribution in [0.25, 0.3) is 0 Å². The van der Waals surface area contributed by atoms with Gasteiger partial charge in [-0.05, 0) is 44.6 Å². The Hall–Kier alpha value is 0.210. The fourth-order valence-electron chi connectivity index (χ4n) is 1.47. The third kappa shape index (κ3) is 5.03. The Morgan fingerprint density at radius 1 is 1.06 bits per heavy atom. The zero-order chi connectivity index (χ0) is 13.0. The van der Waals surface area contributed by atoms with Gasteiger partial charge in [-0.3, -0.25) is 0 Å². The first kappa shape index (κ1) is 16.2. The average molecular weight is 335 g/mol. The lowest BCUT2D eigenvalue weighted by molar-refractivity contribution is -0.451. The molecule has 0 N–H and O–H groups in total. The van der Waals surface area contributed by atoms with E-state index in [1.807, 2.05) is 0 Å². The van der Waals surface area contributed by atoms with Gasteiger partial charge in [0, 0.05) is 0 Å². The van der Waals surface area contributed by atoms with Crippen LogP contribution in [0, 0.1) is 5.41 Å². The molecule has 0 aliphatic carbocycles. The first-order chi connectivity index (χ1) is 7.15. The zero-order valence-electron chi connectivity index (χ0n) is 12.0. The molecule has 16 heavy (non-hydrogen) atoms. The van der Waals surface area contributed by atoms with Gasteiger partial charge < -0.3 is 0 Å². The van der Waals surface area contributed by atoms with Gasteiger partial charge >= 0.3 is 0 Å². The second kappa shape index (κ2) is 6.23. The Bertz CT molecular complexity index is 274. The molecule has 0 rings (SSSR count). The van der Waals surface area contributed by atoms with Crippen LogP contribution in [-0.4, -0.2) is 3.42 Å². The van der Waals surface area contributed by atoms with Crippen molar-refractivity contribution < 1.29 is 22.6 Å². The number of rotatable bonds is 5. The van der Waals surface area contributed by atoms with Crippen LogP contribution in [0.4, 0.5) is 0 Å². The van der Waals surface area contributed by atoms with E-state index >= 15 is 0 Å². The van der Waals surface area contributed by atoms with Crippen LogP contribution in [0.2, 0.25) is 0 Å². The molecule has 0 fully saturated rings. The van der Waals surface area contributed by atoms with E-state index in [9.17, 15) is 0 Å². The summed E-state index contributed by atoms with van der Waals surface area (Å²) in [5.41, 5.74) is 3.34. The van der Waals surface area contributed by atoms with E-state index < -0.39 is 0 Å². The molecule has 0 atom stereocenters. The SMILES string of the molecule is CC/C(=C\C=C(/C)C(C)(C)CC)C(C)(C)[IH+]. The Labute approximate surface area is 116 Å². The van der Waals surface area contributed by atoms with Crippen LogP contribution >= 0.6 is 0 Å². The highest BCUT2D eigenvalue weighted by atomic mass is 127. The van der Waals surface area contributed by atoms with E-state index in [0.29, 0.717) is 8.84 Å². The van der Waals surface area contributed by atoms with Crippen LogP contribution in [0.3, 0.4) is 0 Å². The summed E-state index contributed by atoms with van der Waals surface area (Å²) in [5.74, 6) is 0. The van der Waals surface area contributed by atoms with Crippen molar-refractivity contribution in [3.05, 3.63) is 23.3 Å². The molecule has 0 radical (unpaired) electrons. The number of alkyl halides is 1. The summed E-state index contributed by atoms with van der Waals surface area (Å²) in [6, 6.07) is 0. The van der Waals surface area contributed by atoms with Gasteiger partial charge in [-0.15, -0.1) is 0 Å². The predicted octanol–water partition coefficient (Wildman–Crippen LogP) is 1.77. The third-order valence-electron chi connectivity index (χ3n) is 3.64. The van der Waals surface area contributed by atoms with Gasteiger partial charge in [-0.2, -0.15) is 0 Å². The van der Waals surface area contributed by atoms with Crippen molar-refractivity contribution in [3.63, 3.8) is 0 Å². The topological polar surface area (TPSA) is 0 Å². The maximum absolute atomic E-state index is 2.33. The van der Waals surface area contributed by atoms with E-state index in [0.717, 1.165) is 6.42 Å². The Balaban J connectivity index is 4.98. The summed E-state index contributed by atoms with van der Waals surface area (Å²) in [5, 5.41) is 0. The van der Waals surface area contributed by atoms with E-state index in [-0.39, 0.29) is 0 Å². The fourth-order valence-corrected chi connectivity index (χ4v) is 2.08. The van der Waals surface area contributed by atoms with Crippen LogP contribution in [0.15, 0.2) is 23.3 Å². The highest BCUT2D eigenvalue weighted by Gasteiger charge is 2.26. The fraction of sp³-hybridized carbons (Fsp3) is 0.733. The Morgan fingerprint density at radius 2 is 1.56 bits per heavy atom. The summed E-state index contributed by atoms with van der Waals surface area (Å²) in [6.45, 7) is 16.0. The molecule has 1 heteroatoms. The summed E-state index contributed by atoms with van der Waals surface area (Å²) >= 11 is 2.21. The molecule has 0 saturated heterocycles. The first-order valence-corrected chi connectivity index (χ1v) is 7.40. The molecule has 0 spiro atoms. The normalized spacial score (nSPS) is 15.5. The molecular formula is C15H28I+. The monoisotopic (exact) mass is 335 g/mol. The lowest BCUT2D eigenvalue weighted by Gasteiger charge is -2.23. The molecule has 0 nitrogen and oxygen atoms in total. The third-order valence-corrected chi connectivity index (χ3v) is 4.39. The smallest absolute Gasteiger partial charge is 0.0677 e. The molecule has 0 saturated carbocycles. The molecule has 0 aliphatic rings. The van der Waals surface area contributed by atoms with Gasteiger partial charge in [0.2, 0.25) is 0 Å². The second-order valence-corrected chi connectivity index (χ2v) is 8.56. The van der Waals surface area contributed by atoms with Gasteiger partial charge in [0.05, 0.1) is 0 Å². The van der Waals surface area contributed by atoms with Gasteiger partial charge in [0.1, 0.15) is 0 Å². The van der Waals surface area contributed by atoms with Gasteiger partial charge in [0.15, 0.2) is 3.42 Å². The molecular weight excluding hydrogens is 307 g/mol. The lowest BCUT2D eigenvalue weighted by Crippen LogP contribution is -3.42. The number of hydrogen-bond donors (Lipinski definition) is 0. The van der Waals surface area contributed by atoms with Crippen molar-refractivity contribution in [2.24, 2.45) is 5.41 Å². The summed E-state index contributed by atoms with van der Waals surface area (Å²) in [4.78, 5) is 0. The predicted molar refractivity (Wildman–Crippen MR) is 71.7 cm³/mol. The van der Waals surface area contributed by atoms with Crippen molar-refractivity contribution >= 4 is 0 Å². The number of hydrogen-bond acceptors (Lipinski definition) is 0. The minimum absolute atomic E-state index is 0.304. The Kier molecular flexibility index (Phi) is 6.31. The minimum Gasteiger partial charge on any atom is -0.0677 e. The summed E-state index contributed by atoms with van der Waals surface area (Å²) in [6.07, 6.45) is 6.98. The highest BCUT2D eigenvalue weighted by Crippen LogP contribution is 2.29. The van der Waals surface area contributed by atoms with Crippen molar-refractivity contribution in [1.29, 1.82) is 0 Å². The van der Waals surface area contributed by atoms with E-state index in [1.54, 1.807) is 0 Å². The maximum Gasteiger partial charge on any atom is 0.263 e. The molecule has 0 aromatic carbocycles. The largest absolute Gasteiger partial charge is 0.263 e. The zero-order valence-corrected chi connectivity index (χ0v) is 14.3. The summed E-state index contributed by atoms with van der Waals surface area (Å²) < 4.78 is 0.304. The molecule has 94 valence electrons. The second-order valence-electron chi connectivity index (χ2n) is 5.64. The minimum atomic E-state index is 0.304. The van der Waals surface area contributed by atoms with Crippen LogP contribution < -0.4 is 22.6 Å². The summed E-state index contributed by atoms with van der Waals surface area (Å²) in [7, 11) is 0. The molecule has 0 bridgehead atoms. The van der Waals surface area contributed by atoms with E-state index in [2.05, 4.69) is 83.2 Å². The van der Waals surface area contributed by atoms with E-state index in [1.165, 1.54) is 17.6 Å². The average Bonchev–Trinajstić information content (AvgIpc) is 2.16. The first-order valence-electron chi connectivity index (χ1n) is 6.24. The Morgan fingerprint density at radius 3 is 1.88 bits per heavy atom. The molecule has 0 aromatic rings. The molecule has 0 aromatic heterocycles. The number of allylic oxidation sites excluding steroid dienone is 4. The van der Waals surface area contributed by atoms with Crippen LogP contribution in [-0.2, 0) is 0 Å². The van der Waals surface area contributed by atoms with Crippen LogP contribution in [0.5, 0.6) is 0 Å². The maximum atomic E-state index is 2.33.